The average molecular weight is 367 g/mol. The zero-order valence-corrected chi connectivity index (χ0v) is 16.2. The molecule has 1 heterocycles. The normalized spacial score (nSPS) is 11.3. The molecule has 24 heavy (non-hydrogen) atoms. The van der Waals surface area contributed by atoms with Crippen LogP contribution in [0.5, 0.6) is 0 Å². The number of rotatable bonds is 6. The van der Waals surface area contributed by atoms with E-state index in [1.165, 1.54) is 11.8 Å². The lowest BCUT2D eigenvalue weighted by atomic mass is 10.2. The van der Waals surface area contributed by atoms with Gasteiger partial charge in [0.25, 0.3) is 0 Å². The Kier molecular flexibility index (Phi) is 6.29. The van der Waals surface area contributed by atoms with Gasteiger partial charge >= 0.3 is 0 Å². The molecular formula is C17H23ClN4OS. The predicted octanol–water partition coefficient (Wildman–Crippen LogP) is 3.87. The number of nitrogens with zero attached hydrogens (tertiary/aromatic N) is 4. The van der Waals surface area contributed by atoms with Gasteiger partial charge in [-0.15, -0.1) is 10.2 Å². The van der Waals surface area contributed by atoms with Crippen molar-refractivity contribution in [2.75, 3.05) is 5.75 Å². The predicted molar refractivity (Wildman–Crippen MR) is 99.3 cm³/mol. The minimum Gasteiger partial charge on any atom is -0.337 e. The van der Waals surface area contributed by atoms with Gasteiger partial charge in [-0.3, -0.25) is 4.79 Å². The third-order valence-corrected chi connectivity index (χ3v) is 5.01. The minimum atomic E-state index is 0.104. The molecule has 0 saturated heterocycles. The van der Waals surface area contributed by atoms with Gasteiger partial charge < -0.3 is 9.47 Å². The molecule has 0 radical (unpaired) electrons. The molecule has 0 bridgehead atoms. The topological polar surface area (TPSA) is 51.0 Å². The van der Waals surface area contributed by atoms with Crippen LogP contribution in [0, 0.1) is 0 Å². The molecule has 0 aliphatic carbocycles. The molecule has 2 rings (SSSR count). The van der Waals surface area contributed by atoms with Gasteiger partial charge in [-0.05, 0) is 39.8 Å². The first kappa shape index (κ1) is 18.8. The van der Waals surface area contributed by atoms with Crippen molar-refractivity contribution >= 4 is 29.3 Å². The van der Waals surface area contributed by atoms with Gasteiger partial charge in [0.1, 0.15) is 0 Å². The SMILES string of the molecule is CC(C)N(C(=O)CSc1nnc(-c2ccccc2Cl)n1C)C(C)C. The molecule has 0 aliphatic heterocycles. The third kappa shape index (κ3) is 4.11. The molecule has 5 nitrogen and oxygen atoms in total. The van der Waals surface area contributed by atoms with Crippen molar-refractivity contribution in [3.63, 3.8) is 0 Å². The summed E-state index contributed by atoms with van der Waals surface area (Å²) in [4.78, 5) is 14.4. The Hall–Kier alpha value is -1.53. The van der Waals surface area contributed by atoms with E-state index in [0.717, 1.165) is 5.56 Å². The fourth-order valence-corrected chi connectivity index (χ4v) is 3.69. The number of thioether (sulfide) groups is 1. The van der Waals surface area contributed by atoms with Crippen molar-refractivity contribution in [3.8, 4) is 11.4 Å². The molecule has 0 atom stereocenters. The molecule has 0 spiro atoms. The number of halogens is 1. The van der Waals surface area contributed by atoms with Crippen LogP contribution in [0.4, 0.5) is 0 Å². The van der Waals surface area contributed by atoms with Gasteiger partial charge in [0.2, 0.25) is 5.91 Å². The summed E-state index contributed by atoms with van der Waals surface area (Å²) in [5.41, 5.74) is 0.832. The van der Waals surface area contributed by atoms with Crippen molar-refractivity contribution in [2.45, 2.75) is 44.9 Å². The average Bonchev–Trinajstić information content (AvgIpc) is 2.86. The summed E-state index contributed by atoms with van der Waals surface area (Å²) in [6, 6.07) is 7.88. The Labute approximate surface area is 152 Å². The van der Waals surface area contributed by atoms with Crippen LogP contribution in [0.1, 0.15) is 27.7 Å². The van der Waals surface area contributed by atoms with E-state index < -0.39 is 0 Å². The first-order chi connectivity index (χ1) is 11.3. The maximum atomic E-state index is 12.5. The summed E-state index contributed by atoms with van der Waals surface area (Å²) in [6.07, 6.45) is 0. The van der Waals surface area contributed by atoms with Crippen LogP contribution in [0.3, 0.4) is 0 Å². The zero-order valence-electron chi connectivity index (χ0n) is 14.7. The van der Waals surface area contributed by atoms with E-state index in [2.05, 4.69) is 10.2 Å². The van der Waals surface area contributed by atoms with Crippen LogP contribution < -0.4 is 0 Å². The fraction of sp³-hybridized carbons (Fsp3) is 0.471. The van der Waals surface area contributed by atoms with Gasteiger partial charge in [0, 0.05) is 24.7 Å². The van der Waals surface area contributed by atoms with Crippen molar-refractivity contribution in [2.24, 2.45) is 7.05 Å². The highest BCUT2D eigenvalue weighted by molar-refractivity contribution is 7.99. The van der Waals surface area contributed by atoms with Gasteiger partial charge in [0.15, 0.2) is 11.0 Å². The summed E-state index contributed by atoms with van der Waals surface area (Å²) in [6.45, 7) is 8.11. The summed E-state index contributed by atoms with van der Waals surface area (Å²) in [7, 11) is 1.88. The van der Waals surface area contributed by atoms with Crippen LogP contribution in [0.15, 0.2) is 29.4 Å². The molecule has 0 unspecified atom stereocenters. The standard InChI is InChI=1S/C17H23ClN4OS/c1-11(2)22(12(3)4)15(23)10-24-17-20-19-16(21(17)5)13-8-6-7-9-14(13)18/h6-9,11-12H,10H2,1-5H3. The van der Waals surface area contributed by atoms with E-state index in [0.29, 0.717) is 21.8 Å². The molecule has 7 heteroatoms. The molecule has 0 fully saturated rings. The van der Waals surface area contributed by atoms with E-state index in [1.807, 2.05) is 68.5 Å². The van der Waals surface area contributed by atoms with Gasteiger partial charge in [-0.2, -0.15) is 0 Å². The largest absolute Gasteiger partial charge is 0.337 e. The van der Waals surface area contributed by atoms with Crippen LogP contribution in [-0.2, 0) is 11.8 Å². The zero-order chi connectivity index (χ0) is 17.9. The highest BCUT2D eigenvalue weighted by Gasteiger charge is 2.21. The molecular weight excluding hydrogens is 344 g/mol. The molecule has 1 aromatic carbocycles. The van der Waals surface area contributed by atoms with E-state index in [-0.39, 0.29) is 18.0 Å². The quantitative estimate of drug-likeness (QED) is 0.728. The van der Waals surface area contributed by atoms with E-state index in [4.69, 9.17) is 11.6 Å². The molecule has 1 aromatic heterocycles. The number of hydrogen-bond acceptors (Lipinski definition) is 4. The molecule has 0 aliphatic rings. The van der Waals surface area contributed by atoms with Crippen LogP contribution in [0.2, 0.25) is 5.02 Å². The Morgan fingerprint density at radius 3 is 2.42 bits per heavy atom. The lowest BCUT2D eigenvalue weighted by molar-refractivity contribution is -0.131. The Balaban J connectivity index is 2.13. The smallest absolute Gasteiger partial charge is 0.233 e. The Morgan fingerprint density at radius 1 is 1.21 bits per heavy atom. The molecule has 0 saturated carbocycles. The van der Waals surface area contributed by atoms with Gasteiger partial charge in [-0.25, -0.2) is 0 Å². The summed E-state index contributed by atoms with van der Waals surface area (Å²) >= 11 is 7.62. The lowest BCUT2D eigenvalue weighted by Gasteiger charge is -2.30. The van der Waals surface area contributed by atoms with Crippen LogP contribution in [-0.4, -0.2) is 43.4 Å². The molecule has 130 valence electrons. The maximum Gasteiger partial charge on any atom is 0.233 e. The summed E-state index contributed by atoms with van der Waals surface area (Å²) in [5.74, 6) is 1.14. The second-order valence-electron chi connectivity index (χ2n) is 6.12. The maximum absolute atomic E-state index is 12.5. The molecule has 2 aromatic rings. The third-order valence-electron chi connectivity index (χ3n) is 3.68. The first-order valence-corrected chi connectivity index (χ1v) is 9.27. The lowest BCUT2D eigenvalue weighted by Crippen LogP contribution is -2.43. The molecule has 1 amide bonds. The monoisotopic (exact) mass is 366 g/mol. The van der Waals surface area contributed by atoms with Gasteiger partial charge in [-0.1, -0.05) is 35.5 Å². The Morgan fingerprint density at radius 2 is 1.83 bits per heavy atom. The fourth-order valence-electron chi connectivity index (χ4n) is 2.69. The van der Waals surface area contributed by atoms with E-state index in [1.54, 1.807) is 0 Å². The number of amides is 1. The van der Waals surface area contributed by atoms with Crippen LogP contribution in [0.25, 0.3) is 11.4 Å². The van der Waals surface area contributed by atoms with Gasteiger partial charge in [0.05, 0.1) is 10.8 Å². The number of carbonyl (C=O) groups excluding carboxylic acids is 1. The van der Waals surface area contributed by atoms with E-state index in [9.17, 15) is 4.79 Å². The van der Waals surface area contributed by atoms with Crippen LogP contribution >= 0.6 is 23.4 Å². The summed E-state index contributed by atoms with van der Waals surface area (Å²) < 4.78 is 1.87. The van der Waals surface area contributed by atoms with E-state index >= 15 is 0 Å². The second kappa shape index (κ2) is 8.03. The van der Waals surface area contributed by atoms with Crippen molar-refractivity contribution < 1.29 is 4.79 Å². The summed E-state index contributed by atoms with van der Waals surface area (Å²) in [5, 5.41) is 9.75. The Bertz CT molecular complexity index is 706. The van der Waals surface area contributed by atoms with Crippen molar-refractivity contribution in [3.05, 3.63) is 29.3 Å². The number of carbonyl (C=O) groups is 1. The number of benzene rings is 1. The molecule has 0 N–H and O–H groups in total. The van der Waals surface area contributed by atoms with Crippen molar-refractivity contribution in [1.29, 1.82) is 0 Å². The first-order valence-electron chi connectivity index (χ1n) is 7.91. The minimum absolute atomic E-state index is 0.104. The second-order valence-corrected chi connectivity index (χ2v) is 7.47. The number of hydrogen-bond donors (Lipinski definition) is 0. The van der Waals surface area contributed by atoms with Crippen molar-refractivity contribution in [1.82, 2.24) is 19.7 Å². The highest BCUT2D eigenvalue weighted by Crippen LogP contribution is 2.28. The number of aromatic nitrogens is 3. The highest BCUT2D eigenvalue weighted by atomic mass is 35.5.